The third-order valence-corrected chi connectivity index (χ3v) is 2.55. The predicted molar refractivity (Wildman–Crippen MR) is 48.7 cm³/mol. The van der Waals surface area contributed by atoms with Gasteiger partial charge in [-0.3, -0.25) is 0 Å². The number of benzene rings is 1. The zero-order valence-corrected chi connectivity index (χ0v) is 8.68. The summed E-state index contributed by atoms with van der Waals surface area (Å²) < 4.78 is 37.0. The van der Waals surface area contributed by atoms with Crippen molar-refractivity contribution in [3.8, 4) is 0 Å². The number of halogens is 3. The van der Waals surface area contributed by atoms with Crippen LogP contribution in [-0.2, 0) is 9.47 Å². The molecule has 0 bridgehead atoms. The van der Waals surface area contributed by atoms with Gasteiger partial charge in [-0.25, -0.2) is 8.78 Å². The van der Waals surface area contributed by atoms with Gasteiger partial charge < -0.3 is 9.47 Å². The zero-order valence-electron chi connectivity index (χ0n) is 7.10. The monoisotopic (exact) mass is 264 g/mol. The topological polar surface area (TPSA) is 18.5 Å². The van der Waals surface area contributed by atoms with Crippen molar-refractivity contribution in [2.45, 2.75) is 6.29 Å². The molecule has 2 rings (SSSR count). The van der Waals surface area contributed by atoms with Crippen LogP contribution < -0.4 is 0 Å². The van der Waals surface area contributed by atoms with Gasteiger partial charge >= 0.3 is 0 Å². The van der Waals surface area contributed by atoms with Crippen LogP contribution in [0.3, 0.4) is 0 Å². The van der Waals surface area contributed by atoms with Crippen LogP contribution >= 0.6 is 15.9 Å². The molecule has 1 aliphatic rings. The highest BCUT2D eigenvalue weighted by Gasteiger charge is 2.26. The molecule has 1 aromatic carbocycles. The Hall–Kier alpha value is -0.520. The highest BCUT2D eigenvalue weighted by Crippen LogP contribution is 2.31. The second-order valence-electron chi connectivity index (χ2n) is 2.83. The summed E-state index contributed by atoms with van der Waals surface area (Å²) in [5.41, 5.74) is -0.170. The van der Waals surface area contributed by atoms with Crippen LogP contribution in [0.5, 0.6) is 0 Å². The first-order chi connectivity index (χ1) is 6.70. The van der Waals surface area contributed by atoms with Crippen molar-refractivity contribution in [3.63, 3.8) is 0 Å². The molecule has 76 valence electrons. The Morgan fingerprint density at radius 1 is 1.21 bits per heavy atom. The molecule has 1 aliphatic heterocycles. The van der Waals surface area contributed by atoms with Crippen LogP contribution in [0.15, 0.2) is 16.6 Å². The first kappa shape index (κ1) is 10.0. The van der Waals surface area contributed by atoms with Crippen LogP contribution in [0.25, 0.3) is 0 Å². The van der Waals surface area contributed by atoms with Crippen LogP contribution in [0.1, 0.15) is 11.9 Å². The molecule has 1 fully saturated rings. The number of hydrogen-bond acceptors (Lipinski definition) is 2. The molecule has 1 aromatic rings. The van der Waals surface area contributed by atoms with E-state index in [0.29, 0.717) is 13.2 Å². The quantitative estimate of drug-likeness (QED) is 0.727. The Morgan fingerprint density at radius 2 is 1.86 bits per heavy atom. The maximum Gasteiger partial charge on any atom is 0.189 e. The largest absolute Gasteiger partial charge is 0.346 e. The zero-order chi connectivity index (χ0) is 10.1. The maximum absolute atomic E-state index is 13.5. The predicted octanol–water partition coefficient (Wildman–Crippen LogP) is 2.77. The lowest BCUT2D eigenvalue weighted by atomic mass is 10.2. The van der Waals surface area contributed by atoms with Crippen molar-refractivity contribution in [3.05, 3.63) is 33.8 Å². The summed E-state index contributed by atoms with van der Waals surface area (Å²) in [6, 6.07) is 2.48. The van der Waals surface area contributed by atoms with Crippen molar-refractivity contribution >= 4 is 15.9 Å². The summed E-state index contributed by atoms with van der Waals surface area (Å²) in [5.74, 6) is -1.32. The third-order valence-electron chi connectivity index (χ3n) is 1.94. The molecule has 0 unspecified atom stereocenters. The smallest absolute Gasteiger partial charge is 0.189 e. The summed E-state index contributed by atoms with van der Waals surface area (Å²) >= 11 is 2.97. The van der Waals surface area contributed by atoms with E-state index in [1.165, 1.54) is 12.1 Å². The lowest BCUT2D eigenvalue weighted by Crippen LogP contribution is -2.05. The summed E-state index contributed by atoms with van der Waals surface area (Å²) in [6.07, 6.45) is -0.924. The van der Waals surface area contributed by atoms with E-state index in [2.05, 4.69) is 15.9 Å². The van der Waals surface area contributed by atoms with Crippen molar-refractivity contribution in [2.75, 3.05) is 13.2 Å². The van der Waals surface area contributed by atoms with Gasteiger partial charge in [-0.05, 0) is 28.1 Å². The normalized spacial score (nSPS) is 17.6. The van der Waals surface area contributed by atoms with E-state index in [9.17, 15) is 8.78 Å². The average molecular weight is 265 g/mol. The second kappa shape index (κ2) is 3.92. The molecular formula is C9H7BrF2O2. The van der Waals surface area contributed by atoms with Gasteiger partial charge in [0.15, 0.2) is 6.29 Å². The SMILES string of the molecule is Fc1ccc(Br)c(F)c1C1OCCO1. The van der Waals surface area contributed by atoms with E-state index in [0.717, 1.165) is 0 Å². The van der Waals surface area contributed by atoms with E-state index in [-0.39, 0.29) is 10.0 Å². The molecule has 14 heavy (non-hydrogen) atoms. The molecule has 0 spiro atoms. The minimum atomic E-state index is -0.924. The first-order valence-electron chi connectivity index (χ1n) is 4.07. The van der Waals surface area contributed by atoms with Crippen molar-refractivity contribution in [1.82, 2.24) is 0 Å². The molecular weight excluding hydrogens is 258 g/mol. The molecule has 0 radical (unpaired) electrons. The molecule has 2 nitrogen and oxygen atoms in total. The Labute approximate surface area is 87.9 Å². The molecule has 0 N–H and O–H groups in total. The van der Waals surface area contributed by atoms with Gasteiger partial charge in [0.25, 0.3) is 0 Å². The Balaban J connectivity index is 2.44. The number of hydrogen-bond donors (Lipinski definition) is 0. The van der Waals surface area contributed by atoms with Gasteiger partial charge in [0, 0.05) is 0 Å². The van der Waals surface area contributed by atoms with Gasteiger partial charge in [-0.2, -0.15) is 0 Å². The van der Waals surface area contributed by atoms with Gasteiger partial charge in [0.05, 0.1) is 23.2 Å². The van der Waals surface area contributed by atoms with Gasteiger partial charge in [-0.15, -0.1) is 0 Å². The molecule has 0 amide bonds. The van der Waals surface area contributed by atoms with E-state index < -0.39 is 17.9 Å². The van der Waals surface area contributed by atoms with Crippen LogP contribution in [-0.4, -0.2) is 13.2 Å². The standard InChI is InChI=1S/C9H7BrF2O2/c10-5-1-2-6(11)7(8(5)12)9-13-3-4-14-9/h1-2,9H,3-4H2. The second-order valence-corrected chi connectivity index (χ2v) is 3.68. The minimum absolute atomic E-state index is 0.170. The molecule has 5 heteroatoms. The van der Waals surface area contributed by atoms with Gasteiger partial charge in [0.1, 0.15) is 11.6 Å². The molecule has 1 heterocycles. The first-order valence-corrected chi connectivity index (χ1v) is 4.86. The van der Waals surface area contributed by atoms with Gasteiger partial charge in [-0.1, -0.05) is 0 Å². The molecule has 1 saturated heterocycles. The average Bonchev–Trinajstić information content (AvgIpc) is 2.65. The highest BCUT2D eigenvalue weighted by molar-refractivity contribution is 9.10. The van der Waals surface area contributed by atoms with Crippen LogP contribution in [0.2, 0.25) is 0 Å². The van der Waals surface area contributed by atoms with Crippen LogP contribution in [0, 0.1) is 11.6 Å². The molecule has 0 saturated carbocycles. The van der Waals surface area contributed by atoms with Crippen molar-refractivity contribution in [1.29, 1.82) is 0 Å². The fourth-order valence-corrected chi connectivity index (χ4v) is 1.63. The van der Waals surface area contributed by atoms with Crippen molar-refractivity contribution in [2.24, 2.45) is 0 Å². The fraction of sp³-hybridized carbons (Fsp3) is 0.333. The summed E-state index contributed by atoms with van der Waals surface area (Å²) in [5, 5.41) is 0. The van der Waals surface area contributed by atoms with Gasteiger partial charge in [0.2, 0.25) is 0 Å². The number of rotatable bonds is 1. The Morgan fingerprint density at radius 3 is 2.50 bits per heavy atom. The van der Waals surface area contributed by atoms with E-state index in [1.807, 2.05) is 0 Å². The minimum Gasteiger partial charge on any atom is -0.346 e. The molecule has 0 atom stereocenters. The van der Waals surface area contributed by atoms with E-state index in [4.69, 9.17) is 9.47 Å². The maximum atomic E-state index is 13.5. The molecule has 0 aliphatic carbocycles. The lowest BCUT2D eigenvalue weighted by Gasteiger charge is -2.11. The van der Waals surface area contributed by atoms with E-state index in [1.54, 1.807) is 0 Å². The molecule has 0 aromatic heterocycles. The Kier molecular flexibility index (Phi) is 2.80. The lowest BCUT2D eigenvalue weighted by molar-refractivity contribution is -0.0490. The van der Waals surface area contributed by atoms with Crippen molar-refractivity contribution < 1.29 is 18.3 Å². The highest BCUT2D eigenvalue weighted by atomic mass is 79.9. The summed E-state index contributed by atoms with van der Waals surface area (Å²) in [7, 11) is 0. The Bertz CT molecular complexity index is 351. The fourth-order valence-electron chi connectivity index (χ4n) is 1.28. The summed E-state index contributed by atoms with van der Waals surface area (Å²) in [6.45, 7) is 0.714. The van der Waals surface area contributed by atoms with E-state index >= 15 is 0 Å². The third kappa shape index (κ3) is 1.67. The van der Waals surface area contributed by atoms with Crippen LogP contribution in [0.4, 0.5) is 8.78 Å². The number of ether oxygens (including phenoxy) is 2. The summed E-state index contributed by atoms with van der Waals surface area (Å²) in [4.78, 5) is 0.